The third kappa shape index (κ3) is 1.81. The van der Waals surface area contributed by atoms with E-state index < -0.39 is 11.2 Å². The lowest BCUT2D eigenvalue weighted by Crippen LogP contribution is -2.21. The maximum absolute atomic E-state index is 11.5. The second-order valence-corrected chi connectivity index (χ2v) is 3.85. The molecule has 0 aliphatic rings. The van der Waals surface area contributed by atoms with Crippen molar-refractivity contribution in [2.24, 2.45) is 0 Å². The number of hydrogen-bond acceptors (Lipinski definition) is 4. The number of imidazole rings is 1. The SMILES string of the molecule is O=c1[nH]c(=O)c2[nH]c(Cc3ccncc3)nc2[nH]1. The minimum absolute atomic E-state index is 0.271. The minimum Gasteiger partial charge on any atom is -0.336 e. The Morgan fingerprint density at radius 2 is 1.83 bits per heavy atom. The van der Waals surface area contributed by atoms with Gasteiger partial charge in [0.25, 0.3) is 5.56 Å². The highest BCUT2D eigenvalue weighted by molar-refractivity contribution is 5.68. The molecule has 18 heavy (non-hydrogen) atoms. The standard InChI is InChI=1S/C11H9N5O2/c17-10-8-9(15-11(18)16-10)14-7(13-8)5-6-1-3-12-4-2-6/h1-4H,5H2,(H3,13,14,15,16,17,18). The van der Waals surface area contributed by atoms with Gasteiger partial charge in [-0.1, -0.05) is 0 Å². The van der Waals surface area contributed by atoms with E-state index in [1.807, 2.05) is 12.1 Å². The first kappa shape index (κ1) is 10.5. The summed E-state index contributed by atoms with van der Waals surface area (Å²) in [5, 5.41) is 0. The summed E-state index contributed by atoms with van der Waals surface area (Å²) in [7, 11) is 0. The van der Waals surface area contributed by atoms with E-state index in [1.165, 1.54) is 0 Å². The Balaban J connectivity index is 2.07. The van der Waals surface area contributed by atoms with Crippen LogP contribution >= 0.6 is 0 Å². The predicted molar refractivity (Wildman–Crippen MR) is 64.4 cm³/mol. The number of H-pyrrole nitrogens is 3. The fourth-order valence-corrected chi connectivity index (χ4v) is 1.76. The van der Waals surface area contributed by atoms with Crippen molar-refractivity contribution in [3.05, 3.63) is 56.8 Å². The summed E-state index contributed by atoms with van der Waals surface area (Å²) in [4.78, 5) is 38.2. The van der Waals surface area contributed by atoms with E-state index in [0.717, 1.165) is 5.56 Å². The summed E-state index contributed by atoms with van der Waals surface area (Å²) in [6.07, 6.45) is 3.91. The zero-order valence-corrected chi connectivity index (χ0v) is 9.23. The topological polar surface area (TPSA) is 107 Å². The zero-order valence-electron chi connectivity index (χ0n) is 9.23. The van der Waals surface area contributed by atoms with Crippen LogP contribution in [0.25, 0.3) is 11.2 Å². The summed E-state index contributed by atoms with van der Waals surface area (Å²) >= 11 is 0. The summed E-state index contributed by atoms with van der Waals surface area (Å²) in [5.74, 6) is 0.614. The average Bonchev–Trinajstić information content (AvgIpc) is 2.73. The molecule has 0 saturated heterocycles. The smallest absolute Gasteiger partial charge is 0.327 e. The van der Waals surface area contributed by atoms with Gasteiger partial charge in [-0.2, -0.15) is 0 Å². The van der Waals surface area contributed by atoms with E-state index in [0.29, 0.717) is 12.2 Å². The van der Waals surface area contributed by atoms with Crippen LogP contribution in [0.15, 0.2) is 34.1 Å². The lowest BCUT2D eigenvalue weighted by Gasteiger charge is -1.95. The number of hydrogen-bond donors (Lipinski definition) is 3. The van der Waals surface area contributed by atoms with Gasteiger partial charge < -0.3 is 4.98 Å². The number of nitrogens with one attached hydrogen (secondary N) is 3. The number of aromatic amines is 3. The molecule has 3 aromatic rings. The summed E-state index contributed by atoms with van der Waals surface area (Å²) in [6, 6.07) is 3.72. The molecule has 0 saturated carbocycles. The van der Waals surface area contributed by atoms with Crippen LogP contribution in [-0.4, -0.2) is 24.9 Å². The summed E-state index contributed by atoms with van der Waals surface area (Å²) < 4.78 is 0. The van der Waals surface area contributed by atoms with E-state index in [4.69, 9.17) is 0 Å². The molecule has 0 aliphatic carbocycles. The molecule has 0 fully saturated rings. The van der Waals surface area contributed by atoms with Crippen LogP contribution < -0.4 is 11.2 Å². The third-order valence-corrected chi connectivity index (χ3v) is 2.56. The lowest BCUT2D eigenvalue weighted by molar-refractivity contribution is 1.03. The Hall–Kier alpha value is -2.70. The van der Waals surface area contributed by atoms with Crippen molar-refractivity contribution >= 4 is 11.2 Å². The second-order valence-electron chi connectivity index (χ2n) is 3.85. The number of rotatable bonds is 2. The Labute approximate surface area is 99.9 Å². The number of aromatic nitrogens is 5. The summed E-state index contributed by atoms with van der Waals surface area (Å²) in [5.41, 5.74) is 0.533. The number of pyridine rings is 1. The maximum Gasteiger partial charge on any atom is 0.327 e. The molecule has 0 aliphatic heterocycles. The Kier molecular flexibility index (Phi) is 2.30. The molecule has 3 N–H and O–H groups in total. The Morgan fingerprint density at radius 1 is 1.06 bits per heavy atom. The van der Waals surface area contributed by atoms with Crippen molar-refractivity contribution in [3.8, 4) is 0 Å². The number of nitrogens with zero attached hydrogens (tertiary/aromatic N) is 2. The van der Waals surface area contributed by atoms with Gasteiger partial charge in [-0.15, -0.1) is 0 Å². The van der Waals surface area contributed by atoms with E-state index in [9.17, 15) is 9.59 Å². The monoisotopic (exact) mass is 243 g/mol. The first-order valence-corrected chi connectivity index (χ1v) is 5.32. The quantitative estimate of drug-likeness (QED) is 0.585. The van der Waals surface area contributed by atoms with E-state index in [1.54, 1.807) is 12.4 Å². The molecule has 0 radical (unpaired) electrons. The molecule has 0 spiro atoms. The number of fused-ring (bicyclic) bond motifs is 1. The van der Waals surface area contributed by atoms with Gasteiger partial charge in [0.15, 0.2) is 5.65 Å². The maximum atomic E-state index is 11.5. The predicted octanol–water partition coefficient (Wildman–Crippen LogP) is -0.0747. The van der Waals surface area contributed by atoms with Crippen LogP contribution in [0, 0.1) is 0 Å². The van der Waals surface area contributed by atoms with Gasteiger partial charge in [-0.3, -0.25) is 19.7 Å². The third-order valence-electron chi connectivity index (χ3n) is 2.56. The normalized spacial score (nSPS) is 10.9. The van der Waals surface area contributed by atoms with Crippen molar-refractivity contribution in [1.82, 2.24) is 24.9 Å². The highest BCUT2D eigenvalue weighted by Gasteiger charge is 2.07. The molecule has 7 heteroatoms. The lowest BCUT2D eigenvalue weighted by atomic mass is 10.2. The molecular formula is C11H9N5O2. The van der Waals surface area contributed by atoms with Crippen LogP contribution in [0.4, 0.5) is 0 Å². The van der Waals surface area contributed by atoms with Crippen LogP contribution in [-0.2, 0) is 6.42 Å². The molecule has 0 unspecified atom stereocenters. The van der Waals surface area contributed by atoms with Gasteiger partial charge in [-0.25, -0.2) is 9.78 Å². The highest BCUT2D eigenvalue weighted by Crippen LogP contribution is 2.07. The second kappa shape index (κ2) is 3.95. The molecular weight excluding hydrogens is 234 g/mol. The van der Waals surface area contributed by atoms with Crippen molar-refractivity contribution in [1.29, 1.82) is 0 Å². The largest absolute Gasteiger partial charge is 0.336 e. The molecule has 90 valence electrons. The van der Waals surface area contributed by atoms with Crippen LogP contribution in [0.2, 0.25) is 0 Å². The van der Waals surface area contributed by atoms with E-state index in [2.05, 4.69) is 24.9 Å². The molecule has 3 aromatic heterocycles. The zero-order chi connectivity index (χ0) is 12.5. The molecule has 3 heterocycles. The van der Waals surface area contributed by atoms with Gasteiger partial charge in [-0.05, 0) is 17.7 Å². The first-order valence-electron chi connectivity index (χ1n) is 5.32. The van der Waals surface area contributed by atoms with Crippen LogP contribution in [0.1, 0.15) is 11.4 Å². The molecule has 7 nitrogen and oxygen atoms in total. The molecule has 0 atom stereocenters. The van der Waals surface area contributed by atoms with Gasteiger partial charge in [0.1, 0.15) is 11.3 Å². The van der Waals surface area contributed by atoms with Crippen molar-refractivity contribution in [2.45, 2.75) is 6.42 Å². The fourth-order valence-electron chi connectivity index (χ4n) is 1.76. The van der Waals surface area contributed by atoms with Crippen LogP contribution in [0.3, 0.4) is 0 Å². The molecule has 0 aromatic carbocycles. The van der Waals surface area contributed by atoms with Gasteiger partial charge in [0.2, 0.25) is 0 Å². The van der Waals surface area contributed by atoms with E-state index >= 15 is 0 Å². The van der Waals surface area contributed by atoms with Crippen molar-refractivity contribution in [2.75, 3.05) is 0 Å². The molecule has 0 amide bonds. The Bertz CT molecular complexity index is 799. The van der Waals surface area contributed by atoms with Crippen molar-refractivity contribution in [3.63, 3.8) is 0 Å². The minimum atomic E-state index is -0.561. The van der Waals surface area contributed by atoms with Crippen LogP contribution in [0.5, 0.6) is 0 Å². The van der Waals surface area contributed by atoms with E-state index in [-0.39, 0.29) is 11.2 Å². The average molecular weight is 243 g/mol. The van der Waals surface area contributed by atoms with Gasteiger partial charge >= 0.3 is 5.69 Å². The Morgan fingerprint density at radius 3 is 2.61 bits per heavy atom. The molecule has 0 bridgehead atoms. The summed E-state index contributed by atoms with van der Waals surface area (Å²) in [6.45, 7) is 0. The molecule has 3 rings (SSSR count). The van der Waals surface area contributed by atoms with Gasteiger partial charge in [0, 0.05) is 18.8 Å². The fraction of sp³-hybridized carbons (Fsp3) is 0.0909. The highest BCUT2D eigenvalue weighted by atomic mass is 16.2. The first-order chi connectivity index (χ1) is 8.72. The van der Waals surface area contributed by atoms with Crippen molar-refractivity contribution < 1.29 is 0 Å². The van der Waals surface area contributed by atoms with Gasteiger partial charge in [0.05, 0.1) is 0 Å².